The number of aliphatic hydroxyl groups excluding tert-OH is 1. The van der Waals surface area contributed by atoms with Crippen LogP contribution in [-0.4, -0.2) is 23.3 Å². The number of hydrogen-bond acceptors (Lipinski definition) is 4. The molecule has 0 saturated heterocycles. The molecule has 0 amide bonds. The monoisotopic (exact) mass is 482 g/mol. The highest BCUT2D eigenvalue weighted by Crippen LogP contribution is 2.63. The second-order valence-corrected chi connectivity index (χ2v) is 11.1. The molecular formula is C32H34O4. The van der Waals surface area contributed by atoms with Gasteiger partial charge in [0.05, 0.1) is 5.56 Å². The highest BCUT2D eigenvalue weighted by Gasteiger charge is 2.62. The molecule has 0 radical (unpaired) electrons. The van der Waals surface area contributed by atoms with E-state index in [0.717, 1.165) is 35.1 Å². The Morgan fingerprint density at radius 3 is 2.31 bits per heavy atom. The first-order valence-electron chi connectivity index (χ1n) is 13.1. The summed E-state index contributed by atoms with van der Waals surface area (Å²) in [5.41, 5.74) is 8.63. The predicted octanol–water partition coefficient (Wildman–Crippen LogP) is 6.13. The number of fused-ring (bicyclic) bond motifs is 7. The van der Waals surface area contributed by atoms with Gasteiger partial charge in [0.1, 0.15) is 12.2 Å². The van der Waals surface area contributed by atoms with Crippen LogP contribution >= 0.6 is 0 Å². The van der Waals surface area contributed by atoms with Gasteiger partial charge in [-0.25, -0.2) is 4.79 Å². The number of hydrogen-bond donors (Lipinski definition) is 1. The zero-order chi connectivity index (χ0) is 25.1. The van der Waals surface area contributed by atoms with Crippen LogP contribution in [0.4, 0.5) is 0 Å². The van der Waals surface area contributed by atoms with Crippen LogP contribution in [0, 0.1) is 45.4 Å². The van der Waals surface area contributed by atoms with Crippen molar-refractivity contribution in [2.75, 3.05) is 0 Å². The molecule has 186 valence electrons. The summed E-state index contributed by atoms with van der Waals surface area (Å²) >= 11 is 0. The lowest BCUT2D eigenvalue weighted by Gasteiger charge is -2.38. The molecule has 2 bridgehead atoms. The molecule has 0 aliphatic heterocycles. The Bertz CT molecular complexity index is 1330. The van der Waals surface area contributed by atoms with Crippen LogP contribution in [0.1, 0.15) is 67.9 Å². The zero-order valence-corrected chi connectivity index (χ0v) is 21.4. The summed E-state index contributed by atoms with van der Waals surface area (Å²) in [5.74, 6) is 0.961. The van der Waals surface area contributed by atoms with Crippen LogP contribution < -0.4 is 0 Å². The first kappa shape index (κ1) is 23.4. The van der Waals surface area contributed by atoms with Crippen molar-refractivity contribution in [3.05, 3.63) is 105 Å². The largest absolute Gasteiger partial charge is 0.456 e. The fraction of sp³-hybridized carbons (Fsp3) is 0.406. The summed E-state index contributed by atoms with van der Waals surface area (Å²) in [7, 11) is 0. The quantitative estimate of drug-likeness (QED) is 0.351. The van der Waals surface area contributed by atoms with Crippen LogP contribution in [0.15, 0.2) is 60.7 Å². The molecule has 3 aromatic carbocycles. The number of rotatable bonds is 5. The average molecular weight is 483 g/mol. The Morgan fingerprint density at radius 2 is 1.56 bits per heavy atom. The van der Waals surface area contributed by atoms with Crippen LogP contribution in [-0.2, 0) is 15.9 Å². The number of aryl methyl sites for hydroxylation is 4. The third-order valence-corrected chi connectivity index (χ3v) is 9.14. The molecule has 3 aliphatic rings. The fourth-order valence-electron chi connectivity index (χ4n) is 7.00. The van der Waals surface area contributed by atoms with Crippen molar-refractivity contribution in [2.24, 2.45) is 17.8 Å². The second kappa shape index (κ2) is 8.86. The molecule has 3 aromatic rings. The highest BCUT2D eigenvalue weighted by molar-refractivity contribution is 5.90. The van der Waals surface area contributed by atoms with E-state index < -0.39 is 6.29 Å². The molecular weight excluding hydrogens is 448 g/mol. The average Bonchev–Trinajstić information content (AvgIpc) is 3.52. The summed E-state index contributed by atoms with van der Waals surface area (Å²) < 4.78 is 12.7. The van der Waals surface area contributed by atoms with Gasteiger partial charge in [0, 0.05) is 11.5 Å². The maximum Gasteiger partial charge on any atom is 0.338 e. The number of benzene rings is 3. The lowest BCUT2D eigenvalue weighted by Crippen LogP contribution is -2.44. The molecule has 0 heterocycles. The van der Waals surface area contributed by atoms with Crippen LogP contribution in [0.5, 0.6) is 0 Å². The lowest BCUT2D eigenvalue weighted by atomic mass is 9.76. The minimum Gasteiger partial charge on any atom is -0.456 e. The van der Waals surface area contributed by atoms with E-state index in [0.29, 0.717) is 17.4 Å². The van der Waals surface area contributed by atoms with Gasteiger partial charge in [-0.2, -0.15) is 0 Å². The van der Waals surface area contributed by atoms with Crippen molar-refractivity contribution in [2.45, 2.75) is 65.0 Å². The second-order valence-electron chi connectivity index (χ2n) is 11.1. The summed E-state index contributed by atoms with van der Waals surface area (Å²) in [5, 5.41) is 11.1. The third-order valence-electron chi connectivity index (χ3n) is 9.14. The number of carbonyl (C=O) groups excluding carboxylic acids is 1. The van der Waals surface area contributed by atoms with Crippen molar-refractivity contribution in [3.8, 4) is 0 Å². The van der Waals surface area contributed by atoms with Gasteiger partial charge in [-0.15, -0.1) is 0 Å². The number of esters is 1. The number of ether oxygens (including phenoxy) is 2. The van der Waals surface area contributed by atoms with Gasteiger partial charge in [0.25, 0.3) is 0 Å². The summed E-state index contributed by atoms with van der Waals surface area (Å²) in [6.45, 7) is 8.14. The Hall–Kier alpha value is -2.95. The molecule has 4 heteroatoms. The SMILES string of the molecule is Cc1ccc(C(=O)O[C@@H]2C3CC(C4c5ccccc5CC43)[C@@H]2OC(O)c2ccc(C)c(C)c2)cc1C. The third kappa shape index (κ3) is 3.79. The normalized spacial score (nSPS) is 28.6. The lowest BCUT2D eigenvalue weighted by molar-refractivity contribution is -0.188. The Labute approximate surface area is 213 Å². The molecule has 4 nitrogen and oxygen atoms in total. The maximum atomic E-state index is 13.3. The van der Waals surface area contributed by atoms with Gasteiger partial charge in [0.15, 0.2) is 6.29 Å². The van der Waals surface area contributed by atoms with E-state index >= 15 is 0 Å². The van der Waals surface area contributed by atoms with E-state index in [4.69, 9.17) is 9.47 Å². The topological polar surface area (TPSA) is 55.8 Å². The molecule has 5 unspecified atom stereocenters. The Morgan fingerprint density at radius 1 is 0.833 bits per heavy atom. The summed E-state index contributed by atoms with van der Waals surface area (Å²) in [4.78, 5) is 13.3. The van der Waals surface area contributed by atoms with Gasteiger partial charge in [-0.1, -0.05) is 48.5 Å². The zero-order valence-electron chi connectivity index (χ0n) is 21.4. The highest BCUT2D eigenvalue weighted by atomic mass is 16.6. The molecule has 7 atom stereocenters. The van der Waals surface area contributed by atoms with Crippen LogP contribution in [0.3, 0.4) is 0 Å². The Balaban J connectivity index is 1.31. The Kier molecular flexibility index (Phi) is 5.77. The summed E-state index contributed by atoms with van der Waals surface area (Å²) in [6.07, 6.45) is 0.187. The molecule has 2 fully saturated rings. The van der Waals surface area contributed by atoms with Gasteiger partial charge in [-0.05, 0) is 104 Å². The van der Waals surface area contributed by atoms with Crippen LogP contribution in [0.2, 0.25) is 0 Å². The van der Waals surface area contributed by atoms with E-state index in [2.05, 4.69) is 31.2 Å². The van der Waals surface area contributed by atoms with Crippen molar-refractivity contribution in [1.82, 2.24) is 0 Å². The predicted molar refractivity (Wildman–Crippen MR) is 139 cm³/mol. The van der Waals surface area contributed by atoms with E-state index in [-0.39, 0.29) is 30.0 Å². The number of carbonyl (C=O) groups is 1. The number of aliphatic hydroxyl groups is 1. The van der Waals surface area contributed by atoms with Gasteiger partial charge in [0.2, 0.25) is 0 Å². The maximum absolute atomic E-state index is 13.3. The van der Waals surface area contributed by atoms with Crippen LogP contribution in [0.25, 0.3) is 0 Å². The molecule has 3 aliphatic carbocycles. The molecule has 0 aromatic heterocycles. The minimum absolute atomic E-state index is 0.211. The van der Waals surface area contributed by atoms with Gasteiger partial charge in [-0.3, -0.25) is 0 Å². The molecule has 6 rings (SSSR count). The first-order valence-corrected chi connectivity index (χ1v) is 13.1. The van der Waals surface area contributed by atoms with Crippen molar-refractivity contribution >= 4 is 5.97 Å². The molecule has 0 spiro atoms. The van der Waals surface area contributed by atoms with Gasteiger partial charge < -0.3 is 14.6 Å². The van der Waals surface area contributed by atoms with Crippen molar-refractivity contribution < 1.29 is 19.4 Å². The first-order chi connectivity index (χ1) is 17.3. The smallest absolute Gasteiger partial charge is 0.338 e. The van der Waals surface area contributed by atoms with E-state index in [1.54, 1.807) is 0 Å². The molecule has 36 heavy (non-hydrogen) atoms. The molecule has 2 saturated carbocycles. The van der Waals surface area contributed by atoms with Crippen molar-refractivity contribution in [3.63, 3.8) is 0 Å². The fourth-order valence-corrected chi connectivity index (χ4v) is 7.00. The van der Waals surface area contributed by atoms with E-state index in [1.807, 2.05) is 57.2 Å². The van der Waals surface area contributed by atoms with E-state index in [9.17, 15) is 9.90 Å². The molecule has 1 N–H and O–H groups in total. The standard InChI is InChI=1S/C32H34O4/c1-17-9-11-22(13-19(17)3)31(33)35-29-26-16-27(28-24-8-6-5-7-21(24)15-25(26)28)30(29)36-32(34)23-12-10-18(2)20(4)14-23/h5-14,25-30,32,34H,15-16H2,1-4H3/t25?,26?,27?,28?,29-,30+,32?/m1/s1. The van der Waals surface area contributed by atoms with Crippen molar-refractivity contribution in [1.29, 1.82) is 0 Å². The van der Waals surface area contributed by atoms with E-state index in [1.165, 1.54) is 16.7 Å². The van der Waals surface area contributed by atoms with Gasteiger partial charge >= 0.3 is 5.97 Å². The summed E-state index contributed by atoms with van der Waals surface area (Å²) in [6, 6.07) is 20.3. The minimum atomic E-state index is -1.06.